The van der Waals surface area contributed by atoms with E-state index in [1.165, 1.54) is 6.07 Å². The van der Waals surface area contributed by atoms with Crippen molar-refractivity contribution in [2.24, 2.45) is 11.3 Å². The van der Waals surface area contributed by atoms with Crippen LogP contribution in [0.1, 0.15) is 39.9 Å². The largest absolute Gasteiger partial charge is 0.417 e. The number of carbonyl (C=O) groups excluding carboxylic acids is 1. The number of halogens is 3. The summed E-state index contributed by atoms with van der Waals surface area (Å²) in [5.74, 6) is 0.159. The molecule has 0 N–H and O–H groups in total. The van der Waals surface area contributed by atoms with E-state index < -0.39 is 11.7 Å². The number of nitrogens with zero attached hydrogens (tertiary/aromatic N) is 3. The molecule has 8 heteroatoms. The molecule has 1 unspecified atom stereocenters. The highest BCUT2D eigenvalue weighted by atomic mass is 19.4. The van der Waals surface area contributed by atoms with Crippen LogP contribution in [0.5, 0.6) is 0 Å². The second kappa shape index (κ2) is 9.30. The van der Waals surface area contributed by atoms with E-state index in [1.807, 2.05) is 41.0 Å². The summed E-state index contributed by atoms with van der Waals surface area (Å²) in [5, 5.41) is 9.11. The summed E-state index contributed by atoms with van der Waals surface area (Å²) >= 11 is 0. The number of likely N-dealkylation sites (tertiary alicyclic amines) is 1. The first-order valence-corrected chi connectivity index (χ1v) is 11.4. The molecule has 2 aliphatic heterocycles. The fraction of sp³-hybridized carbons (Fsp3) is 0.462. The highest BCUT2D eigenvalue weighted by Crippen LogP contribution is 2.47. The molecule has 2 aromatic carbocycles. The van der Waals surface area contributed by atoms with Gasteiger partial charge in [0.1, 0.15) is 0 Å². The number of anilines is 1. The van der Waals surface area contributed by atoms with Crippen molar-refractivity contribution in [3.05, 3.63) is 64.7 Å². The second-order valence-corrected chi connectivity index (χ2v) is 9.34. The molecule has 2 heterocycles. The van der Waals surface area contributed by atoms with Crippen LogP contribution in [0.4, 0.5) is 18.9 Å². The summed E-state index contributed by atoms with van der Waals surface area (Å²) in [6.07, 6.45) is -3.07. The van der Waals surface area contributed by atoms with Gasteiger partial charge in [0, 0.05) is 50.5 Å². The molecule has 0 saturated carbocycles. The fourth-order valence-corrected chi connectivity index (χ4v) is 5.43. The number of benzene rings is 2. The second-order valence-electron chi connectivity index (χ2n) is 9.34. The van der Waals surface area contributed by atoms with Crippen molar-refractivity contribution in [2.45, 2.75) is 25.9 Å². The first-order chi connectivity index (χ1) is 16.2. The van der Waals surface area contributed by atoms with E-state index in [2.05, 4.69) is 0 Å². The number of hydrogen-bond acceptors (Lipinski definition) is 4. The van der Waals surface area contributed by atoms with Crippen molar-refractivity contribution in [1.29, 1.82) is 5.26 Å². The first kappa shape index (κ1) is 24.1. The van der Waals surface area contributed by atoms with Crippen molar-refractivity contribution >= 4 is 11.6 Å². The molecule has 2 aromatic rings. The predicted molar refractivity (Wildman–Crippen MR) is 122 cm³/mol. The molecule has 5 nitrogen and oxygen atoms in total. The quantitative estimate of drug-likeness (QED) is 0.637. The molecule has 1 atom stereocenters. The highest BCUT2D eigenvalue weighted by molar-refractivity contribution is 5.95. The third-order valence-corrected chi connectivity index (χ3v) is 7.40. The standard InChI is InChI=1S/C26H28F3N3O2/c1-18-5-3-4-6-22(18)24(33)31-11-9-25(10-12-31)17-32(15-20(25)16-34-2)21-8-7-19(14-30)23(13-21)26(27,28)29/h3-8,13,20H,9-12,15-17H2,1-2H3. The van der Waals surface area contributed by atoms with Crippen LogP contribution in [0, 0.1) is 29.6 Å². The normalized spacial score (nSPS) is 19.9. The zero-order chi connectivity index (χ0) is 24.5. The maximum atomic E-state index is 13.5. The first-order valence-electron chi connectivity index (χ1n) is 11.4. The Labute approximate surface area is 197 Å². The average molecular weight is 472 g/mol. The summed E-state index contributed by atoms with van der Waals surface area (Å²) in [5.41, 5.74) is 0.681. The molecule has 2 aliphatic rings. The van der Waals surface area contributed by atoms with E-state index in [1.54, 1.807) is 19.2 Å². The molecular formula is C26H28F3N3O2. The Balaban J connectivity index is 1.54. The zero-order valence-electron chi connectivity index (χ0n) is 19.4. The lowest BCUT2D eigenvalue weighted by atomic mass is 9.71. The molecule has 1 amide bonds. The molecule has 34 heavy (non-hydrogen) atoms. The topological polar surface area (TPSA) is 56.6 Å². The molecule has 1 spiro atoms. The summed E-state index contributed by atoms with van der Waals surface area (Å²) in [6.45, 7) is 4.80. The summed E-state index contributed by atoms with van der Waals surface area (Å²) in [4.78, 5) is 16.9. The van der Waals surface area contributed by atoms with Gasteiger partial charge in [-0.05, 0) is 55.0 Å². The number of alkyl halides is 3. The Morgan fingerprint density at radius 1 is 1.21 bits per heavy atom. The van der Waals surface area contributed by atoms with Gasteiger partial charge in [-0.1, -0.05) is 18.2 Å². The number of aryl methyl sites for hydroxylation is 1. The van der Waals surface area contributed by atoms with Gasteiger partial charge in [-0.25, -0.2) is 0 Å². The number of ether oxygens (including phenoxy) is 1. The van der Waals surface area contributed by atoms with Crippen LogP contribution in [-0.2, 0) is 10.9 Å². The minimum absolute atomic E-state index is 0.0213. The van der Waals surface area contributed by atoms with Crippen LogP contribution < -0.4 is 4.90 Å². The number of hydrogen-bond donors (Lipinski definition) is 0. The molecule has 0 aromatic heterocycles. The van der Waals surface area contributed by atoms with E-state index in [9.17, 15) is 18.0 Å². The number of methoxy groups -OCH3 is 1. The van der Waals surface area contributed by atoms with Gasteiger partial charge in [0.2, 0.25) is 0 Å². The number of nitriles is 1. The molecule has 180 valence electrons. The summed E-state index contributed by atoms with van der Waals surface area (Å²) in [6, 6.07) is 13.1. The Morgan fingerprint density at radius 2 is 1.91 bits per heavy atom. The van der Waals surface area contributed by atoms with Crippen LogP contribution in [0.25, 0.3) is 0 Å². The van der Waals surface area contributed by atoms with Gasteiger partial charge in [0.15, 0.2) is 0 Å². The molecule has 2 saturated heterocycles. The van der Waals surface area contributed by atoms with Crippen LogP contribution in [0.3, 0.4) is 0 Å². The van der Waals surface area contributed by atoms with E-state index in [-0.39, 0.29) is 22.8 Å². The van der Waals surface area contributed by atoms with Crippen LogP contribution in [-0.4, -0.2) is 50.7 Å². The SMILES string of the molecule is COCC1CN(c2ccc(C#N)c(C(F)(F)F)c2)CC12CCN(C(=O)c1ccccc1C)CC2. The van der Waals surface area contributed by atoms with Crippen molar-refractivity contribution in [2.75, 3.05) is 44.8 Å². The van der Waals surface area contributed by atoms with Crippen LogP contribution in [0.2, 0.25) is 0 Å². The number of carbonyl (C=O) groups is 1. The van der Waals surface area contributed by atoms with Crippen molar-refractivity contribution in [3.8, 4) is 6.07 Å². The summed E-state index contributed by atoms with van der Waals surface area (Å²) in [7, 11) is 1.64. The maximum Gasteiger partial charge on any atom is 0.417 e. The minimum Gasteiger partial charge on any atom is -0.384 e. The van der Waals surface area contributed by atoms with Gasteiger partial charge in [0.05, 0.1) is 23.8 Å². The van der Waals surface area contributed by atoms with Gasteiger partial charge in [-0.3, -0.25) is 4.79 Å². The Bertz CT molecular complexity index is 1100. The fourth-order valence-electron chi connectivity index (χ4n) is 5.43. The number of rotatable bonds is 4. The lowest BCUT2D eigenvalue weighted by Gasteiger charge is -2.42. The van der Waals surface area contributed by atoms with Crippen molar-refractivity contribution in [1.82, 2.24) is 4.90 Å². The Hall–Kier alpha value is -3.05. The zero-order valence-corrected chi connectivity index (χ0v) is 19.4. The number of piperidine rings is 1. The molecular weight excluding hydrogens is 443 g/mol. The summed E-state index contributed by atoms with van der Waals surface area (Å²) < 4.78 is 46.0. The third-order valence-electron chi connectivity index (χ3n) is 7.40. The van der Waals surface area contributed by atoms with E-state index in [4.69, 9.17) is 10.00 Å². The van der Waals surface area contributed by atoms with Crippen molar-refractivity contribution < 1.29 is 22.7 Å². The van der Waals surface area contributed by atoms with Gasteiger partial charge in [-0.2, -0.15) is 18.4 Å². The molecule has 0 bridgehead atoms. The molecule has 4 rings (SSSR count). The van der Waals surface area contributed by atoms with E-state index >= 15 is 0 Å². The molecule has 0 radical (unpaired) electrons. The van der Waals surface area contributed by atoms with Gasteiger partial charge < -0.3 is 14.5 Å². The number of amides is 1. The van der Waals surface area contributed by atoms with Crippen molar-refractivity contribution in [3.63, 3.8) is 0 Å². The maximum absolute atomic E-state index is 13.5. The Kier molecular flexibility index (Phi) is 6.59. The van der Waals surface area contributed by atoms with Gasteiger partial charge in [0.25, 0.3) is 5.91 Å². The minimum atomic E-state index is -4.59. The average Bonchev–Trinajstić information content (AvgIpc) is 3.16. The van der Waals surface area contributed by atoms with E-state index in [0.717, 1.165) is 24.5 Å². The predicted octanol–water partition coefficient (Wildman–Crippen LogP) is 4.89. The van der Waals surface area contributed by atoms with E-state index in [0.29, 0.717) is 44.0 Å². The molecule has 0 aliphatic carbocycles. The lowest BCUT2D eigenvalue weighted by Crippen LogP contribution is -2.47. The van der Waals surface area contributed by atoms with Crippen LogP contribution in [0.15, 0.2) is 42.5 Å². The Morgan fingerprint density at radius 3 is 2.53 bits per heavy atom. The third kappa shape index (κ3) is 4.49. The van der Waals surface area contributed by atoms with Gasteiger partial charge in [-0.15, -0.1) is 0 Å². The lowest BCUT2D eigenvalue weighted by molar-refractivity contribution is -0.137. The van der Waals surface area contributed by atoms with Crippen LogP contribution >= 0.6 is 0 Å². The highest BCUT2D eigenvalue weighted by Gasteiger charge is 2.49. The monoisotopic (exact) mass is 471 g/mol. The smallest absolute Gasteiger partial charge is 0.384 e. The molecule has 2 fully saturated rings. The van der Waals surface area contributed by atoms with Gasteiger partial charge >= 0.3 is 6.18 Å².